The molecular weight excluding hydrogens is 443 g/mol. The number of hydrogen-bond acceptors (Lipinski definition) is 7. The van der Waals surface area contributed by atoms with Crippen molar-refractivity contribution in [1.29, 1.82) is 0 Å². The number of nitrogens with zero attached hydrogens (tertiary/aromatic N) is 4. The zero-order valence-corrected chi connectivity index (χ0v) is 18.2. The van der Waals surface area contributed by atoms with E-state index in [-0.39, 0.29) is 23.8 Å². The summed E-state index contributed by atoms with van der Waals surface area (Å²) < 4.78 is 45.7. The topological polar surface area (TPSA) is 96.6 Å². The lowest BCUT2D eigenvalue weighted by Crippen LogP contribution is -2.37. The molecule has 11 heteroatoms. The zero-order valence-electron chi connectivity index (χ0n) is 16.6. The van der Waals surface area contributed by atoms with E-state index in [2.05, 4.69) is 10.2 Å². The van der Waals surface area contributed by atoms with E-state index in [1.807, 2.05) is 16.8 Å². The summed E-state index contributed by atoms with van der Waals surface area (Å²) in [5, 5.41) is 11.8. The average Bonchev–Trinajstić information content (AvgIpc) is 3.39. The fourth-order valence-corrected chi connectivity index (χ4v) is 5.47. The molecule has 8 nitrogen and oxygen atoms in total. The van der Waals surface area contributed by atoms with Crippen LogP contribution in [0.3, 0.4) is 0 Å². The average molecular weight is 465 g/mol. The molecule has 164 valence electrons. The summed E-state index contributed by atoms with van der Waals surface area (Å²) in [6.45, 7) is 1.26. The van der Waals surface area contributed by atoms with Gasteiger partial charge in [0.25, 0.3) is 0 Å². The third-order valence-corrected chi connectivity index (χ3v) is 7.64. The van der Waals surface area contributed by atoms with Gasteiger partial charge in [-0.3, -0.25) is 4.79 Å². The van der Waals surface area contributed by atoms with Crippen molar-refractivity contribution >= 4 is 27.3 Å². The largest absolute Gasteiger partial charge is 0.421 e. The lowest BCUT2D eigenvalue weighted by atomic mass is 10.2. The molecule has 0 bridgehead atoms. The molecule has 0 radical (unpaired) electrons. The molecule has 0 unspecified atom stereocenters. The summed E-state index contributed by atoms with van der Waals surface area (Å²) in [7, 11) is -3.73. The maximum atomic E-state index is 13.1. The van der Waals surface area contributed by atoms with Crippen molar-refractivity contribution < 1.29 is 22.0 Å². The summed E-state index contributed by atoms with van der Waals surface area (Å²) in [5.41, 5.74) is 0.852. The number of rotatable bonds is 6. The standard InChI is InChI=1S/C20H21FN4O4S2/c21-16-2-4-17(5-3-16)31(27,28)25-10-1-9-24(11-12-25)19(26)7-6-18-22-23-20(29-18)15-8-13-30-14-15/h2-5,8,13-14H,1,6-7,9-12H2. The molecule has 1 aromatic carbocycles. The molecule has 3 aromatic rings. The van der Waals surface area contributed by atoms with Crippen molar-refractivity contribution in [1.82, 2.24) is 19.4 Å². The van der Waals surface area contributed by atoms with E-state index < -0.39 is 15.8 Å². The number of carbonyl (C=O) groups is 1. The van der Waals surface area contributed by atoms with Gasteiger partial charge >= 0.3 is 0 Å². The first-order valence-electron chi connectivity index (χ1n) is 9.82. The Kier molecular flexibility index (Phi) is 6.44. The summed E-state index contributed by atoms with van der Waals surface area (Å²) in [5.74, 6) is 0.247. The maximum absolute atomic E-state index is 13.1. The van der Waals surface area contributed by atoms with Gasteiger partial charge in [-0.15, -0.1) is 10.2 Å². The Bertz CT molecular complexity index is 1130. The minimum absolute atomic E-state index is 0.0477. The second-order valence-corrected chi connectivity index (χ2v) is 9.82. The first-order chi connectivity index (χ1) is 14.9. The van der Waals surface area contributed by atoms with E-state index in [1.54, 1.807) is 4.90 Å². The molecule has 1 aliphatic heterocycles. The van der Waals surface area contributed by atoms with Crippen molar-refractivity contribution in [3.05, 3.63) is 52.8 Å². The first-order valence-corrected chi connectivity index (χ1v) is 12.2. The number of aryl methyl sites for hydroxylation is 1. The molecule has 31 heavy (non-hydrogen) atoms. The van der Waals surface area contributed by atoms with Gasteiger partial charge in [0.15, 0.2) is 0 Å². The maximum Gasteiger partial charge on any atom is 0.248 e. The highest BCUT2D eigenvalue weighted by atomic mass is 32.2. The van der Waals surface area contributed by atoms with Crippen LogP contribution in [0.4, 0.5) is 4.39 Å². The van der Waals surface area contributed by atoms with Crippen LogP contribution in [0.2, 0.25) is 0 Å². The number of sulfonamides is 1. The van der Waals surface area contributed by atoms with Gasteiger partial charge in [0.05, 0.1) is 4.90 Å². The molecule has 0 atom stereocenters. The Morgan fingerprint density at radius 3 is 2.65 bits per heavy atom. The van der Waals surface area contributed by atoms with Crippen LogP contribution < -0.4 is 0 Å². The predicted octanol–water partition coefficient (Wildman–Crippen LogP) is 2.79. The number of thiophene rings is 1. The van der Waals surface area contributed by atoms with E-state index in [0.717, 1.165) is 17.7 Å². The molecule has 1 saturated heterocycles. The molecule has 0 aliphatic carbocycles. The van der Waals surface area contributed by atoms with Gasteiger partial charge in [-0.05, 0) is 42.1 Å². The second-order valence-electron chi connectivity index (χ2n) is 7.11. The number of aromatic nitrogens is 2. The van der Waals surface area contributed by atoms with Gasteiger partial charge in [-0.1, -0.05) is 0 Å². The van der Waals surface area contributed by atoms with Gasteiger partial charge in [0.2, 0.25) is 27.7 Å². The minimum Gasteiger partial charge on any atom is -0.421 e. The number of benzene rings is 1. The second kappa shape index (κ2) is 9.25. The molecular formula is C20H21FN4O4S2. The molecule has 1 fully saturated rings. The van der Waals surface area contributed by atoms with Crippen molar-refractivity contribution in [2.45, 2.75) is 24.2 Å². The highest BCUT2D eigenvalue weighted by molar-refractivity contribution is 7.89. The van der Waals surface area contributed by atoms with Crippen LogP contribution in [-0.2, 0) is 21.2 Å². The Balaban J connectivity index is 1.33. The predicted molar refractivity (Wildman–Crippen MR) is 112 cm³/mol. The lowest BCUT2D eigenvalue weighted by molar-refractivity contribution is -0.131. The molecule has 3 heterocycles. The van der Waals surface area contributed by atoms with Crippen LogP contribution in [-0.4, -0.2) is 59.9 Å². The molecule has 2 aromatic heterocycles. The molecule has 0 N–H and O–H groups in total. The van der Waals surface area contributed by atoms with E-state index in [9.17, 15) is 17.6 Å². The van der Waals surface area contributed by atoms with Crippen molar-refractivity contribution in [3.63, 3.8) is 0 Å². The Labute approximate surface area is 183 Å². The van der Waals surface area contributed by atoms with Crippen LogP contribution in [0.25, 0.3) is 11.5 Å². The molecule has 4 rings (SSSR count). The molecule has 0 spiro atoms. The van der Waals surface area contributed by atoms with Crippen molar-refractivity contribution in [2.75, 3.05) is 26.2 Å². The fourth-order valence-electron chi connectivity index (χ4n) is 3.37. The number of carbonyl (C=O) groups excluding carboxylic acids is 1. The number of halogens is 1. The van der Waals surface area contributed by atoms with Crippen LogP contribution >= 0.6 is 11.3 Å². The fraction of sp³-hybridized carbons (Fsp3) is 0.350. The molecule has 1 amide bonds. The summed E-state index contributed by atoms with van der Waals surface area (Å²) in [4.78, 5) is 14.4. The van der Waals surface area contributed by atoms with Crippen LogP contribution in [0, 0.1) is 5.82 Å². The third-order valence-electron chi connectivity index (χ3n) is 5.05. The monoisotopic (exact) mass is 464 g/mol. The summed E-state index contributed by atoms with van der Waals surface area (Å²) in [6, 6.07) is 6.65. The van der Waals surface area contributed by atoms with E-state index in [0.29, 0.717) is 44.3 Å². The quantitative estimate of drug-likeness (QED) is 0.557. The lowest BCUT2D eigenvalue weighted by Gasteiger charge is -2.22. The van der Waals surface area contributed by atoms with Crippen LogP contribution in [0.1, 0.15) is 18.7 Å². The molecule has 1 aliphatic rings. The molecule has 0 saturated carbocycles. The van der Waals surface area contributed by atoms with Crippen molar-refractivity contribution in [3.8, 4) is 11.5 Å². The highest BCUT2D eigenvalue weighted by Crippen LogP contribution is 2.21. The first kappa shape index (κ1) is 21.6. The van der Waals surface area contributed by atoms with Gasteiger partial charge < -0.3 is 9.32 Å². The number of amides is 1. The van der Waals surface area contributed by atoms with Crippen LogP contribution in [0.15, 0.2) is 50.4 Å². The summed E-state index contributed by atoms with van der Waals surface area (Å²) >= 11 is 1.53. The smallest absolute Gasteiger partial charge is 0.248 e. The van der Waals surface area contributed by atoms with Gasteiger partial charge in [-0.2, -0.15) is 15.6 Å². The Hall–Kier alpha value is -2.63. The Morgan fingerprint density at radius 2 is 1.90 bits per heavy atom. The normalized spacial score (nSPS) is 15.7. The van der Waals surface area contributed by atoms with E-state index >= 15 is 0 Å². The third kappa shape index (κ3) is 5.00. The van der Waals surface area contributed by atoms with E-state index in [4.69, 9.17) is 4.42 Å². The highest BCUT2D eigenvalue weighted by Gasteiger charge is 2.28. The Morgan fingerprint density at radius 1 is 1.10 bits per heavy atom. The number of hydrogen-bond donors (Lipinski definition) is 0. The van der Waals surface area contributed by atoms with Gasteiger partial charge in [-0.25, -0.2) is 12.8 Å². The van der Waals surface area contributed by atoms with Crippen LogP contribution in [0.5, 0.6) is 0 Å². The van der Waals surface area contributed by atoms with E-state index in [1.165, 1.54) is 27.8 Å². The van der Waals surface area contributed by atoms with Gasteiger partial charge in [0.1, 0.15) is 5.82 Å². The zero-order chi connectivity index (χ0) is 21.8. The summed E-state index contributed by atoms with van der Waals surface area (Å²) in [6.07, 6.45) is 1.05. The minimum atomic E-state index is -3.73. The van der Waals surface area contributed by atoms with Crippen molar-refractivity contribution in [2.24, 2.45) is 0 Å². The van der Waals surface area contributed by atoms with Gasteiger partial charge in [0, 0.05) is 50.0 Å². The SMILES string of the molecule is O=C(CCc1nnc(-c2ccsc2)o1)N1CCCN(S(=O)(=O)c2ccc(F)cc2)CC1.